The molecule has 0 aliphatic rings. The first kappa shape index (κ1) is 16.1. The van der Waals surface area contributed by atoms with Crippen LogP contribution in [0.3, 0.4) is 0 Å². The van der Waals surface area contributed by atoms with Crippen LogP contribution in [0.15, 0.2) is 24.3 Å². The SMILES string of the molecule is COC(=O)CCNC(=O)NC(C)Oc1ccc(Cl)cc1. The average molecular weight is 301 g/mol. The zero-order chi connectivity index (χ0) is 15.0. The molecule has 0 saturated carbocycles. The molecule has 0 aliphatic carbocycles. The van der Waals surface area contributed by atoms with E-state index in [1.54, 1.807) is 31.2 Å². The summed E-state index contributed by atoms with van der Waals surface area (Å²) in [5.41, 5.74) is 0. The van der Waals surface area contributed by atoms with Gasteiger partial charge in [0.1, 0.15) is 5.75 Å². The van der Waals surface area contributed by atoms with E-state index >= 15 is 0 Å². The van der Waals surface area contributed by atoms with Gasteiger partial charge in [0.2, 0.25) is 0 Å². The summed E-state index contributed by atoms with van der Waals surface area (Å²) in [6, 6.07) is 6.38. The predicted molar refractivity (Wildman–Crippen MR) is 74.7 cm³/mol. The van der Waals surface area contributed by atoms with Crippen LogP contribution in [-0.4, -0.2) is 31.9 Å². The molecule has 0 spiro atoms. The third kappa shape index (κ3) is 6.29. The zero-order valence-electron chi connectivity index (χ0n) is 11.3. The number of carbonyl (C=O) groups excluding carboxylic acids is 2. The van der Waals surface area contributed by atoms with Gasteiger partial charge < -0.3 is 20.1 Å². The number of nitrogens with one attached hydrogen (secondary N) is 2. The molecule has 2 N–H and O–H groups in total. The Kier molecular flexibility index (Phi) is 6.66. The second kappa shape index (κ2) is 8.27. The Hall–Kier alpha value is -1.95. The van der Waals surface area contributed by atoms with E-state index in [1.807, 2.05) is 0 Å². The third-order valence-corrected chi connectivity index (χ3v) is 2.56. The normalized spacial score (nSPS) is 11.3. The molecular formula is C13H17ClN2O4. The number of esters is 1. The number of amides is 2. The van der Waals surface area contributed by atoms with Crippen LogP contribution in [0.4, 0.5) is 4.79 Å². The summed E-state index contributed by atoms with van der Waals surface area (Å²) < 4.78 is 9.92. The van der Waals surface area contributed by atoms with Crippen molar-refractivity contribution < 1.29 is 19.1 Å². The lowest BCUT2D eigenvalue weighted by Crippen LogP contribution is -2.43. The topological polar surface area (TPSA) is 76.7 Å². The van der Waals surface area contributed by atoms with E-state index in [0.29, 0.717) is 10.8 Å². The first-order chi connectivity index (χ1) is 9.51. The van der Waals surface area contributed by atoms with Gasteiger partial charge in [-0.05, 0) is 31.2 Å². The van der Waals surface area contributed by atoms with E-state index in [1.165, 1.54) is 7.11 Å². The van der Waals surface area contributed by atoms with Crippen molar-refractivity contribution in [1.82, 2.24) is 10.6 Å². The fourth-order valence-corrected chi connectivity index (χ4v) is 1.49. The maximum atomic E-state index is 11.5. The molecular weight excluding hydrogens is 284 g/mol. The van der Waals surface area contributed by atoms with Crippen molar-refractivity contribution >= 4 is 23.6 Å². The number of ether oxygens (including phenoxy) is 2. The number of benzene rings is 1. The van der Waals surface area contributed by atoms with Crippen molar-refractivity contribution in [3.63, 3.8) is 0 Å². The van der Waals surface area contributed by atoms with E-state index in [-0.39, 0.29) is 18.9 Å². The van der Waals surface area contributed by atoms with Crippen molar-refractivity contribution in [2.45, 2.75) is 19.6 Å². The summed E-state index contributed by atoms with van der Waals surface area (Å²) in [7, 11) is 1.30. The smallest absolute Gasteiger partial charge is 0.317 e. The zero-order valence-corrected chi connectivity index (χ0v) is 12.1. The van der Waals surface area contributed by atoms with Gasteiger partial charge in [0.25, 0.3) is 0 Å². The molecule has 110 valence electrons. The second-order valence-corrected chi connectivity index (χ2v) is 4.38. The highest BCUT2D eigenvalue weighted by Crippen LogP contribution is 2.16. The van der Waals surface area contributed by atoms with Crippen LogP contribution in [0, 0.1) is 0 Å². The van der Waals surface area contributed by atoms with Gasteiger partial charge in [0.05, 0.1) is 13.5 Å². The average Bonchev–Trinajstić information content (AvgIpc) is 2.41. The van der Waals surface area contributed by atoms with Gasteiger partial charge in [-0.1, -0.05) is 11.6 Å². The van der Waals surface area contributed by atoms with E-state index in [9.17, 15) is 9.59 Å². The number of halogens is 1. The van der Waals surface area contributed by atoms with Gasteiger partial charge in [0, 0.05) is 11.6 Å². The molecule has 7 heteroatoms. The summed E-state index contributed by atoms with van der Waals surface area (Å²) >= 11 is 5.75. The van der Waals surface area contributed by atoms with Crippen molar-refractivity contribution in [1.29, 1.82) is 0 Å². The van der Waals surface area contributed by atoms with Crippen molar-refractivity contribution in [3.05, 3.63) is 29.3 Å². The van der Waals surface area contributed by atoms with Crippen LogP contribution >= 0.6 is 11.6 Å². The maximum Gasteiger partial charge on any atom is 0.317 e. The Morgan fingerprint density at radius 1 is 1.30 bits per heavy atom. The van der Waals surface area contributed by atoms with Crippen molar-refractivity contribution in [2.24, 2.45) is 0 Å². The van der Waals surface area contributed by atoms with Gasteiger partial charge in [-0.2, -0.15) is 0 Å². The van der Waals surface area contributed by atoms with E-state index in [4.69, 9.17) is 16.3 Å². The molecule has 20 heavy (non-hydrogen) atoms. The summed E-state index contributed by atoms with van der Waals surface area (Å²) in [6.45, 7) is 1.89. The van der Waals surface area contributed by atoms with E-state index < -0.39 is 12.3 Å². The lowest BCUT2D eigenvalue weighted by Gasteiger charge is -2.16. The highest BCUT2D eigenvalue weighted by atomic mass is 35.5. The highest BCUT2D eigenvalue weighted by Gasteiger charge is 2.08. The number of methoxy groups -OCH3 is 1. The van der Waals surface area contributed by atoms with Gasteiger partial charge in [-0.3, -0.25) is 4.79 Å². The lowest BCUT2D eigenvalue weighted by molar-refractivity contribution is -0.140. The quantitative estimate of drug-likeness (QED) is 0.622. The first-order valence-electron chi connectivity index (χ1n) is 6.04. The van der Waals surface area contributed by atoms with Crippen LogP contribution in [0.2, 0.25) is 5.02 Å². The predicted octanol–water partition coefficient (Wildman–Crippen LogP) is 1.93. The second-order valence-electron chi connectivity index (χ2n) is 3.94. The van der Waals surface area contributed by atoms with Crippen LogP contribution < -0.4 is 15.4 Å². The maximum absolute atomic E-state index is 11.5. The summed E-state index contributed by atoms with van der Waals surface area (Å²) in [5.74, 6) is 0.215. The standard InChI is InChI=1S/C13H17ClN2O4/c1-9(20-11-5-3-10(14)4-6-11)16-13(18)15-8-7-12(17)19-2/h3-6,9H,7-8H2,1-2H3,(H2,15,16,18). The number of carbonyl (C=O) groups is 2. The minimum Gasteiger partial charge on any atom is -0.471 e. The molecule has 0 aromatic heterocycles. The number of hydrogen-bond donors (Lipinski definition) is 2. The molecule has 1 unspecified atom stereocenters. The van der Waals surface area contributed by atoms with Crippen molar-refractivity contribution in [2.75, 3.05) is 13.7 Å². The Labute approximate surface area is 122 Å². The Balaban J connectivity index is 2.27. The number of urea groups is 1. The number of rotatable bonds is 6. The van der Waals surface area contributed by atoms with Crippen molar-refractivity contribution in [3.8, 4) is 5.75 Å². The third-order valence-electron chi connectivity index (χ3n) is 2.30. The van der Waals surface area contributed by atoms with E-state index in [2.05, 4.69) is 15.4 Å². The molecule has 1 rings (SSSR count). The Bertz CT molecular complexity index is 450. The molecule has 0 fully saturated rings. The molecule has 0 bridgehead atoms. The summed E-state index contributed by atoms with van der Waals surface area (Å²) in [4.78, 5) is 22.3. The van der Waals surface area contributed by atoms with E-state index in [0.717, 1.165) is 0 Å². The van der Waals surface area contributed by atoms with Gasteiger partial charge >= 0.3 is 12.0 Å². The molecule has 0 radical (unpaired) electrons. The minimum absolute atomic E-state index is 0.121. The Morgan fingerprint density at radius 2 is 1.95 bits per heavy atom. The molecule has 1 aromatic rings. The first-order valence-corrected chi connectivity index (χ1v) is 6.42. The summed E-state index contributed by atoms with van der Waals surface area (Å²) in [5, 5.41) is 5.71. The largest absolute Gasteiger partial charge is 0.471 e. The molecule has 0 aliphatic heterocycles. The molecule has 2 amide bonds. The fourth-order valence-electron chi connectivity index (χ4n) is 1.36. The minimum atomic E-state index is -0.519. The fraction of sp³-hybridized carbons (Fsp3) is 0.385. The molecule has 6 nitrogen and oxygen atoms in total. The number of hydrogen-bond acceptors (Lipinski definition) is 4. The lowest BCUT2D eigenvalue weighted by atomic mass is 10.3. The molecule has 1 aromatic carbocycles. The van der Waals surface area contributed by atoms with Gasteiger partial charge in [0.15, 0.2) is 6.23 Å². The summed E-state index contributed by atoms with van der Waals surface area (Å²) in [6.07, 6.45) is -0.398. The van der Waals surface area contributed by atoms with Gasteiger partial charge in [-0.15, -0.1) is 0 Å². The van der Waals surface area contributed by atoms with Crippen LogP contribution in [0.25, 0.3) is 0 Å². The van der Waals surface area contributed by atoms with Gasteiger partial charge in [-0.25, -0.2) is 4.79 Å². The Morgan fingerprint density at radius 3 is 2.55 bits per heavy atom. The highest BCUT2D eigenvalue weighted by molar-refractivity contribution is 6.30. The van der Waals surface area contributed by atoms with Crippen LogP contribution in [0.5, 0.6) is 5.75 Å². The van der Waals surface area contributed by atoms with Crippen LogP contribution in [-0.2, 0) is 9.53 Å². The molecule has 0 heterocycles. The molecule has 0 saturated heterocycles. The van der Waals surface area contributed by atoms with Crippen LogP contribution in [0.1, 0.15) is 13.3 Å². The molecule has 1 atom stereocenters. The monoisotopic (exact) mass is 300 g/mol.